The second-order valence-corrected chi connectivity index (χ2v) is 10.9. The summed E-state index contributed by atoms with van der Waals surface area (Å²) in [5, 5.41) is 12.6. The van der Waals surface area contributed by atoms with Gasteiger partial charge < -0.3 is 20.9 Å². The van der Waals surface area contributed by atoms with Crippen molar-refractivity contribution in [2.75, 3.05) is 30.9 Å². The van der Waals surface area contributed by atoms with Crippen molar-refractivity contribution in [3.8, 4) is 0 Å². The van der Waals surface area contributed by atoms with Crippen LogP contribution >= 0.6 is 0 Å². The number of rotatable bonds is 9. The molecule has 1 aromatic heterocycles. The predicted octanol–water partition coefficient (Wildman–Crippen LogP) is 5.36. The van der Waals surface area contributed by atoms with Gasteiger partial charge in [0.05, 0.1) is 5.52 Å². The zero-order valence-corrected chi connectivity index (χ0v) is 21.9. The molecule has 36 heavy (non-hydrogen) atoms. The number of aromatic nitrogens is 2. The first-order valence-corrected chi connectivity index (χ1v) is 13.9. The molecule has 0 bridgehead atoms. The fourth-order valence-corrected chi connectivity index (χ4v) is 5.97. The summed E-state index contributed by atoms with van der Waals surface area (Å²) in [6.45, 7) is 2.11. The summed E-state index contributed by atoms with van der Waals surface area (Å²) < 4.78 is 0. The molecule has 5 rings (SSSR count). The van der Waals surface area contributed by atoms with E-state index < -0.39 is 0 Å². The Morgan fingerprint density at radius 3 is 2.31 bits per heavy atom. The van der Waals surface area contributed by atoms with Gasteiger partial charge in [-0.1, -0.05) is 55.3 Å². The van der Waals surface area contributed by atoms with Crippen molar-refractivity contribution < 1.29 is 0 Å². The second-order valence-electron chi connectivity index (χ2n) is 10.9. The normalized spacial score (nSPS) is 24.5. The van der Waals surface area contributed by atoms with Crippen LogP contribution in [0.1, 0.15) is 56.9 Å². The van der Waals surface area contributed by atoms with Gasteiger partial charge in [-0.05, 0) is 68.7 Å². The van der Waals surface area contributed by atoms with E-state index in [0.29, 0.717) is 18.1 Å². The topological polar surface area (TPSA) is 65.1 Å². The fraction of sp³-hybridized carbons (Fsp3) is 0.533. The van der Waals surface area contributed by atoms with Crippen LogP contribution in [0.4, 0.5) is 11.8 Å². The standard InChI is InChI=1S/C30H42N6/c1-36(2)29-26-13-7-9-15-28(26)34-30(35-29)33-25-18-16-24(17-19-25)31-21-23-12-6-8-14-27(23)32-20-22-10-4-3-5-11-22/h3-5,7,9-11,13,15,23-25,27,31-32H,6,8,12,14,16-21H2,1-2H3,(H,33,34,35)/t23-,24-,25+,27-/m0/s1. The van der Waals surface area contributed by atoms with Crippen LogP contribution in [0.3, 0.4) is 0 Å². The minimum atomic E-state index is 0.439. The van der Waals surface area contributed by atoms with Gasteiger partial charge in [-0.2, -0.15) is 4.98 Å². The molecule has 0 amide bonds. The highest BCUT2D eigenvalue weighted by atomic mass is 15.2. The van der Waals surface area contributed by atoms with Crippen LogP contribution in [0, 0.1) is 5.92 Å². The number of hydrogen-bond donors (Lipinski definition) is 3. The fourth-order valence-electron chi connectivity index (χ4n) is 5.97. The van der Waals surface area contributed by atoms with Crippen LogP contribution < -0.4 is 20.9 Å². The summed E-state index contributed by atoms with van der Waals surface area (Å²) in [4.78, 5) is 11.7. The lowest BCUT2D eigenvalue weighted by atomic mass is 9.83. The van der Waals surface area contributed by atoms with Gasteiger partial charge >= 0.3 is 0 Å². The molecule has 0 saturated heterocycles. The molecule has 3 aromatic rings. The lowest BCUT2D eigenvalue weighted by Crippen LogP contribution is -2.46. The summed E-state index contributed by atoms with van der Waals surface area (Å²) in [5.74, 6) is 2.46. The third kappa shape index (κ3) is 6.34. The number of nitrogens with one attached hydrogen (secondary N) is 3. The molecule has 0 aliphatic heterocycles. The Labute approximate surface area is 216 Å². The Hall–Kier alpha value is -2.70. The number of fused-ring (bicyclic) bond motifs is 1. The van der Waals surface area contributed by atoms with Gasteiger partial charge in [0.1, 0.15) is 5.82 Å². The van der Waals surface area contributed by atoms with E-state index >= 15 is 0 Å². The first-order valence-electron chi connectivity index (χ1n) is 13.9. The largest absolute Gasteiger partial charge is 0.362 e. The number of para-hydroxylation sites is 1. The summed E-state index contributed by atoms with van der Waals surface area (Å²) >= 11 is 0. The Morgan fingerprint density at radius 2 is 1.50 bits per heavy atom. The molecular formula is C30H42N6. The van der Waals surface area contributed by atoms with Gasteiger partial charge in [0.2, 0.25) is 5.95 Å². The summed E-state index contributed by atoms with van der Waals surface area (Å²) in [6, 6.07) is 20.8. The molecule has 1 heterocycles. The summed E-state index contributed by atoms with van der Waals surface area (Å²) in [5.41, 5.74) is 2.38. The second kappa shape index (κ2) is 12.0. The van der Waals surface area contributed by atoms with Crippen molar-refractivity contribution in [3.63, 3.8) is 0 Å². The van der Waals surface area contributed by atoms with E-state index in [1.54, 1.807) is 0 Å². The minimum absolute atomic E-state index is 0.439. The third-order valence-electron chi connectivity index (χ3n) is 8.06. The molecule has 3 N–H and O–H groups in total. The first kappa shape index (κ1) is 25.0. The monoisotopic (exact) mass is 486 g/mol. The van der Waals surface area contributed by atoms with Crippen molar-refractivity contribution in [3.05, 3.63) is 60.2 Å². The van der Waals surface area contributed by atoms with E-state index in [2.05, 4.69) is 69.4 Å². The van der Waals surface area contributed by atoms with Crippen LogP contribution in [0.5, 0.6) is 0 Å². The van der Waals surface area contributed by atoms with Crippen molar-refractivity contribution in [2.45, 2.75) is 76.0 Å². The summed E-state index contributed by atoms with van der Waals surface area (Å²) in [7, 11) is 4.09. The maximum absolute atomic E-state index is 4.84. The van der Waals surface area contributed by atoms with Crippen molar-refractivity contribution in [2.24, 2.45) is 5.92 Å². The molecule has 0 unspecified atom stereocenters. The van der Waals surface area contributed by atoms with Gasteiger partial charge in [-0.15, -0.1) is 0 Å². The summed E-state index contributed by atoms with van der Waals surface area (Å²) in [6.07, 6.45) is 10.1. The average molecular weight is 487 g/mol. The van der Waals surface area contributed by atoms with E-state index in [-0.39, 0.29) is 0 Å². The molecule has 2 fully saturated rings. The van der Waals surface area contributed by atoms with E-state index in [9.17, 15) is 0 Å². The Kier molecular flexibility index (Phi) is 8.34. The molecule has 2 aliphatic carbocycles. The molecular weight excluding hydrogens is 444 g/mol. The van der Waals surface area contributed by atoms with Gasteiger partial charge in [-0.3, -0.25) is 0 Å². The highest BCUT2D eigenvalue weighted by Gasteiger charge is 2.27. The van der Waals surface area contributed by atoms with E-state index in [0.717, 1.165) is 54.5 Å². The Bertz CT molecular complexity index is 1090. The van der Waals surface area contributed by atoms with Crippen LogP contribution in [0.15, 0.2) is 54.6 Å². The zero-order chi connectivity index (χ0) is 24.7. The molecule has 2 aromatic carbocycles. The van der Waals surface area contributed by atoms with Gasteiger partial charge in [-0.25, -0.2) is 4.98 Å². The van der Waals surface area contributed by atoms with Crippen LogP contribution in [0.2, 0.25) is 0 Å². The van der Waals surface area contributed by atoms with Crippen molar-refractivity contribution in [1.82, 2.24) is 20.6 Å². The molecule has 2 atom stereocenters. The maximum atomic E-state index is 4.84. The number of benzene rings is 2. The average Bonchev–Trinajstić information content (AvgIpc) is 2.92. The number of anilines is 2. The smallest absolute Gasteiger partial charge is 0.225 e. The number of nitrogens with zero attached hydrogens (tertiary/aromatic N) is 3. The van der Waals surface area contributed by atoms with E-state index in [1.807, 2.05) is 20.2 Å². The Morgan fingerprint density at radius 1 is 0.778 bits per heavy atom. The number of hydrogen-bond acceptors (Lipinski definition) is 6. The Balaban J connectivity index is 1.10. The van der Waals surface area contributed by atoms with Gasteiger partial charge in [0.25, 0.3) is 0 Å². The molecule has 2 aliphatic rings. The maximum Gasteiger partial charge on any atom is 0.225 e. The first-order chi connectivity index (χ1) is 17.7. The zero-order valence-electron chi connectivity index (χ0n) is 21.9. The predicted molar refractivity (Wildman–Crippen MR) is 151 cm³/mol. The molecule has 0 spiro atoms. The molecule has 0 radical (unpaired) electrons. The lowest BCUT2D eigenvalue weighted by molar-refractivity contribution is 0.235. The quantitative estimate of drug-likeness (QED) is 0.379. The van der Waals surface area contributed by atoms with Crippen molar-refractivity contribution in [1.29, 1.82) is 0 Å². The lowest BCUT2D eigenvalue weighted by Gasteiger charge is -2.35. The van der Waals surface area contributed by atoms with E-state index in [4.69, 9.17) is 9.97 Å². The van der Waals surface area contributed by atoms with E-state index in [1.165, 1.54) is 44.1 Å². The van der Waals surface area contributed by atoms with Gasteiger partial charge in [0, 0.05) is 44.2 Å². The van der Waals surface area contributed by atoms with Gasteiger partial charge in [0.15, 0.2) is 0 Å². The van der Waals surface area contributed by atoms with Crippen LogP contribution in [0.25, 0.3) is 10.9 Å². The molecule has 2 saturated carbocycles. The minimum Gasteiger partial charge on any atom is -0.362 e. The van der Waals surface area contributed by atoms with Crippen molar-refractivity contribution >= 4 is 22.7 Å². The molecule has 192 valence electrons. The van der Waals surface area contributed by atoms with Crippen LogP contribution in [-0.2, 0) is 6.54 Å². The molecule has 6 nitrogen and oxygen atoms in total. The third-order valence-corrected chi connectivity index (χ3v) is 8.06. The highest BCUT2D eigenvalue weighted by Crippen LogP contribution is 2.28. The van der Waals surface area contributed by atoms with Crippen LogP contribution in [-0.4, -0.2) is 48.7 Å². The SMILES string of the molecule is CN(C)c1nc(N[C@H]2CC[C@@H](NC[C@@H]3CCCC[C@@H]3NCc3ccccc3)CC2)nc2ccccc12. The highest BCUT2D eigenvalue weighted by molar-refractivity contribution is 5.90. The molecule has 6 heteroatoms.